The molecule has 0 saturated heterocycles. The monoisotopic (exact) mass is 293 g/mol. The molecule has 1 aliphatic carbocycles. The Bertz CT molecular complexity index is 663. The number of rotatable bonds is 2. The largest absolute Gasteiger partial charge is 0.348 e. The lowest BCUT2D eigenvalue weighted by Crippen LogP contribution is -2.43. The van der Waals surface area contributed by atoms with Gasteiger partial charge in [0.1, 0.15) is 11.7 Å². The molecule has 3 nitrogen and oxygen atoms in total. The fraction of sp³-hybridized carbons (Fsp3) is 0.421. The Morgan fingerprint density at radius 3 is 2.64 bits per heavy atom. The van der Waals surface area contributed by atoms with Crippen molar-refractivity contribution in [2.75, 3.05) is 5.32 Å². The molecule has 2 heterocycles. The number of aromatic nitrogens is 1. The van der Waals surface area contributed by atoms with Gasteiger partial charge in [0.15, 0.2) is 0 Å². The number of anilines is 1. The van der Waals surface area contributed by atoms with Crippen LogP contribution in [0.1, 0.15) is 43.2 Å². The lowest BCUT2D eigenvalue weighted by Gasteiger charge is -2.41. The SMILES string of the molecule is c1ccc(CN=C2Nc3[nH]ccc3CC23CCCCC3)cc1. The average molecular weight is 293 g/mol. The molecule has 1 aromatic heterocycles. The minimum Gasteiger partial charge on any atom is -0.348 e. The first-order chi connectivity index (χ1) is 10.9. The average Bonchev–Trinajstić information content (AvgIpc) is 3.01. The molecule has 0 atom stereocenters. The summed E-state index contributed by atoms with van der Waals surface area (Å²) in [5.74, 6) is 2.34. The van der Waals surface area contributed by atoms with Crippen molar-refractivity contribution in [1.29, 1.82) is 0 Å². The van der Waals surface area contributed by atoms with Gasteiger partial charge in [-0.2, -0.15) is 0 Å². The van der Waals surface area contributed by atoms with Gasteiger partial charge in [0.05, 0.1) is 6.54 Å². The van der Waals surface area contributed by atoms with Gasteiger partial charge in [0.2, 0.25) is 0 Å². The fourth-order valence-corrected chi connectivity index (χ4v) is 3.97. The molecule has 3 heteroatoms. The number of aromatic amines is 1. The Hall–Kier alpha value is -2.03. The number of fused-ring (bicyclic) bond motifs is 1. The molecule has 2 aliphatic rings. The standard InChI is InChI=1S/C19H23N3/c1-3-7-15(8-4-1)14-21-18-19(10-5-2-6-11-19)13-16-9-12-20-17(16)22-18/h1,3-4,7-9,12,20H,2,5-6,10-11,13-14H2,(H,21,22). The topological polar surface area (TPSA) is 40.2 Å². The second kappa shape index (κ2) is 5.64. The number of nitrogens with one attached hydrogen (secondary N) is 2. The van der Waals surface area contributed by atoms with E-state index in [4.69, 9.17) is 4.99 Å². The van der Waals surface area contributed by atoms with Gasteiger partial charge in [0.25, 0.3) is 0 Å². The van der Waals surface area contributed by atoms with Gasteiger partial charge < -0.3 is 10.3 Å². The highest BCUT2D eigenvalue weighted by molar-refractivity contribution is 6.02. The summed E-state index contributed by atoms with van der Waals surface area (Å²) in [7, 11) is 0. The minimum atomic E-state index is 0.238. The molecule has 2 N–H and O–H groups in total. The van der Waals surface area contributed by atoms with Crippen molar-refractivity contribution in [3.63, 3.8) is 0 Å². The van der Waals surface area contributed by atoms with Crippen LogP contribution in [0.15, 0.2) is 47.6 Å². The van der Waals surface area contributed by atoms with E-state index >= 15 is 0 Å². The van der Waals surface area contributed by atoms with Crippen LogP contribution in [-0.2, 0) is 13.0 Å². The van der Waals surface area contributed by atoms with Crippen LogP contribution in [0, 0.1) is 5.41 Å². The molecule has 1 fully saturated rings. The predicted octanol–water partition coefficient (Wildman–Crippen LogP) is 4.53. The second-order valence-corrected chi connectivity index (χ2v) is 6.67. The number of aliphatic imine (C=N–C) groups is 1. The van der Waals surface area contributed by atoms with Crippen molar-refractivity contribution in [3.8, 4) is 0 Å². The number of H-pyrrole nitrogens is 1. The second-order valence-electron chi connectivity index (χ2n) is 6.67. The van der Waals surface area contributed by atoms with E-state index in [-0.39, 0.29) is 5.41 Å². The summed E-state index contributed by atoms with van der Waals surface area (Å²) in [4.78, 5) is 8.31. The van der Waals surface area contributed by atoms with Gasteiger partial charge in [-0.3, -0.25) is 4.99 Å². The quantitative estimate of drug-likeness (QED) is 0.839. The molecule has 2 aromatic rings. The van der Waals surface area contributed by atoms with Gasteiger partial charge in [-0.1, -0.05) is 49.6 Å². The lowest BCUT2D eigenvalue weighted by atomic mass is 9.68. The highest BCUT2D eigenvalue weighted by Gasteiger charge is 2.41. The molecule has 1 aliphatic heterocycles. The zero-order valence-corrected chi connectivity index (χ0v) is 12.9. The van der Waals surface area contributed by atoms with Crippen molar-refractivity contribution in [2.24, 2.45) is 10.4 Å². The maximum atomic E-state index is 4.99. The highest BCUT2D eigenvalue weighted by Crippen LogP contribution is 2.44. The lowest BCUT2D eigenvalue weighted by molar-refractivity contribution is 0.278. The summed E-state index contributed by atoms with van der Waals surface area (Å²) in [6, 6.07) is 12.8. The van der Waals surface area contributed by atoms with Crippen LogP contribution in [0.5, 0.6) is 0 Å². The molecule has 1 spiro atoms. The van der Waals surface area contributed by atoms with Gasteiger partial charge in [-0.05, 0) is 36.5 Å². The number of nitrogens with zero attached hydrogens (tertiary/aromatic N) is 1. The summed E-state index contributed by atoms with van der Waals surface area (Å²) in [6.07, 6.45) is 9.71. The van der Waals surface area contributed by atoms with Crippen LogP contribution in [-0.4, -0.2) is 10.8 Å². The van der Waals surface area contributed by atoms with Crippen molar-refractivity contribution in [2.45, 2.75) is 45.1 Å². The zero-order valence-electron chi connectivity index (χ0n) is 12.9. The normalized spacial score (nSPS) is 21.5. The first kappa shape index (κ1) is 13.6. The van der Waals surface area contributed by atoms with Crippen molar-refractivity contribution < 1.29 is 0 Å². The molecular weight excluding hydrogens is 270 g/mol. The summed E-state index contributed by atoms with van der Waals surface area (Å²) >= 11 is 0. The molecule has 0 bridgehead atoms. The van der Waals surface area contributed by atoms with E-state index in [2.05, 4.69) is 46.7 Å². The number of hydrogen-bond acceptors (Lipinski definition) is 1. The summed E-state index contributed by atoms with van der Waals surface area (Å²) in [5, 5.41) is 3.60. The van der Waals surface area contributed by atoms with Gasteiger partial charge in [-0.25, -0.2) is 0 Å². The summed E-state index contributed by atoms with van der Waals surface area (Å²) in [5.41, 5.74) is 2.93. The zero-order chi connectivity index (χ0) is 14.8. The Balaban J connectivity index is 1.65. The van der Waals surface area contributed by atoms with Crippen LogP contribution >= 0.6 is 0 Å². The number of benzene rings is 1. The molecule has 1 saturated carbocycles. The van der Waals surface area contributed by atoms with Crippen molar-refractivity contribution >= 4 is 11.7 Å². The van der Waals surface area contributed by atoms with Gasteiger partial charge in [0, 0.05) is 11.6 Å². The van der Waals surface area contributed by atoms with Gasteiger partial charge >= 0.3 is 0 Å². The third-order valence-corrected chi connectivity index (χ3v) is 5.18. The van der Waals surface area contributed by atoms with Gasteiger partial charge in [-0.15, -0.1) is 0 Å². The molecule has 1 aromatic carbocycles. The maximum absolute atomic E-state index is 4.99. The molecule has 22 heavy (non-hydrogen) atoms. The van der Waals surface area contributed by atoms with Crippen LogP contribution < -0.4 is 5.32 Å². The minimum absolute atomic E-state index is 0.238. The number of hydrogen-bond donors (Lipinski definition) is 2. The Morgan fingerprint density at radius 1 is 1.00 bits per heavy atom. The van der Waals surface area contributed by atoms with E-state index in [9.17, 15) is 0 Å². The smallest absolute Gasteiger partial charge is 0.111 e. The van der Waals surface area contributed by atoms with E-state index < -0.39 is 0 Å². The first-order valence-electron chi connectivity index (χ1n) is 8.38. The van der Waals surface area contributed by atoms with E-state index in [0.717, 1.165) is 18.8 Å². The van der Waals surface area contributed by atoms with Crippen molar-refractivity contribution in [3.05, 3.63) is 53.7 Å². The van der Waals surface area contributed by atoms with Crippen LogP contribution in [0.4, 0.5) is 5.82 Å². The number of amidine groups is 1. The maximum Gasteiger partial charge on any atom is 0.111 e. The summed E-state index contributed by atoms with van der Waals surface area (Å²) < 4.78 is 0. The molecule has 114 valence electrons. The molecule has 0 amide bonds. The summed E-state index contributed by atoms with van der Waals surface area (Å²) in [6.45, 7) is 0.765. The Kier molecular flexibility index (Phi) is 3.49. The Labute approximate surface area is 131 Å². The van der Waals surface area contributed by atoms with E-state index in [0.29, 0.717) is 0 Å². The predicted molar refractivity (Wildman–Crippen MR) is 91.2 cm³/mol. The third kappa shape index (κ3) is 2.45. The van der Waals surface area contributed by atoms with Crippen LogP contribution in [0.2, 0.25) is 0 Å². The van der Waals surface area contributed by atoms with Crippen molar-refractivity contribution in [1.82, 2.24) is 4.98 Å². The molecular formula is C19H23N3. The fourth-order valence-electron chi connectivity index (χ4n) is 3.97. The van der Waals surface area contributed by atoms with E-state index in [1.54, 1.807) is 0 Å². The molecule has 0 radical (unpaired) electrons. The molecule has 4 rings (SSSR count). The van der Waals surface area contributed by atoms with Crippen LogP contribution in [0.25, 0.3) is 0 Å². The van der Waals surface area contributed by atoms with E-state index in [1.165, 1.54) is 49.1 Å². The Morgan fingerprint density at radius 2 is 1.82 bits per heavy atom. The van der Waals surface area contributed by atoms with E-state index in [1.807, 2.05) is 6.20 Å². The molecule has 0 unspecified atom stereocenters. The first-order valence-corrected chi connectivity index (χ1v) is 8.38. The highest BCUT2D eigenvalue weighted by atomic mass is 15.1. The third-order valence-electron chi connectivity index (χ3n) is 5.18. The van der Waals surface area contributed by atoms with Crippen LogP contribution in [0.3, 0.4) is 0 Å².